The molecule has 9 heteroatoms. The van der Waals surface area contributed by atoms with E-state index in [0.717, 1.165) is 4.57 Å². The van der Waals surface area contributed by atoms with Crippen LogP contribution in [0.5, 0.6) is 0 Å². The number of benzene rings is 2. The van der Waals surface area contributed by atoms with Gasteiger partial charge in [-0.3, -0.25) is 13.9 Å². The van der Waals surface area contributed by atoms with Crippen molar-refractivity contribution in [2.45, 2.75) is 24.0 Å². The van der Waals surface area contributed by atoms with Crippen molar-refractivity contribution in [3.63, 3.8) is 0 Å². The van der Waals surface area contributed by atoms with Crippen LogP contribution in [0.25, 0.3) is 21.9 Å². The number of aromatic nitrogens is 4. The van der Waals surface area contributed by atoms with E-state index in [1.54, 1.807) is 55.6 Å². The smallest absolute Gasteiger partial charge is 0.320 e. The van der Waals surface area contributed by atoms with Crippen LogP contribution in [-0.4, -0.2) is 32.8 Å². The lowest BCUT2D eigenvalue weighted by atomic mass is 10.2. The molecule has 0 amide bonds. The Balaban J connectivity index is 1.74. The maximum absolute atomic E-state index is 13.7. The summed E-state index contributed by atoms with van der Waals surface area (Å²) in [6.07, 6.45) is 0. The Bertz CT molecular complexity index is 1220. The first-order valence-electron chi connectivity index (χ1n) is 8.95. The monoisotopic (exact) mass is 416 g/mol. The number of halogens is 2. The molecule has 0 aliphatic carbocycles. The number of hydrogen-bond donors (Lipinski definition) is 0. The van der Waals surface area contributed by atoms with E-state index in [1.165, 1.54) is 16.3 Å². The topological polar surface area (TPSA) is 61.9 Å². The van der Waals surface area contributed by atoms with Gasteiger partial charge in [0.2, 0.25) is 0 Å². The zero-order chi connectivity index (χ0) is 20.4. The summed E-state index contributed by atoms with van der Waals surface area (Å²) in [5.41, 5.74) is 1.27. The van der Waals surface area contributed by atoms with E-state index < -0.39 is 6.55 Å². The van der Waals surface area contributed by atoms with Crippen LogP contribution in [0.15, 0.2) is 58.5 Å². The van der Waals surface area contributed by atoms with E-state index in [9.17, 15) is 13.6 Å². The van der Waals surface area contributed by atoms with Crippen LogP contribution in [0.3, 0.4) is 0 Å². The van der Waals surface area contributed by atoms with Gasteiger partial charge in [0.1, 0.15) is 5.82 Å². The largest absolute Gasteiger partial charge is 0.383 e. The zero-order valence-corrected chi connectivity index (χ0v) is 16.4. The molecule has 29 heavy (non-hydrogen) atoms. The van der Waals surface area contributed by atoms with Crippen molar-refractivity contribution >= 4 is 33.7 Å². The van der Waals surface area contributed by atoms with E-state index >= 15 is 0 Å². The van der Waals surface area contributed by atoms with Crippen molar-refractivity contribution < 1.29 is 13.5 Å². The lowest BCUT2D eigenvalue weighted by Gasteiger charge is -2.13. The Morgan fingerprint density at radius 1 is 1.07 bits per heavy atom. The van der Waals surface area contributed by atoms with E-state index in [-0.39, 0.29) is 17.1 Å². The second kappa shape index (κ2) is 8.30. The Hall–Kier alpha value is -2.78. The highest BCUT2D eigenvalue weighted by molar-refractivity contribution is 7.98. The van der Waals surface area contributed by atoms with E-state index in [4.69, 9.17) is 4.74 Å². The van der Waals surface area contributed by atoms with Crippen LogP contribution < -0.4 is 5.56 Å². The highest BCUT2D eigenvalue weighted by atomic mass is 32.2. The number of hydrogen-bond acceptors (Lipinski definition) is 5. The third-order valence-corrected chi connectivity index (χ3v) is 5.51. The number of nitrogens with zero attached hydrogens (tertiary/aromatic N) is 4. The quantitative estimate of drug-likeness (QED) is 0.336. The first-order chi connectivity index (χ1) is 14.1. The van der Waals surface area contributed by atoms with Gasteiger partial charge in [-0.2, -0.15) is 8.78 Å². The number of fused-ring (bicyclic) bond motifs is 2. The molecule has 0 aliphatic rings. The fraction of sp³-hybridized carbons (Fsp3) is 0.250. The molecule has 2 aromatic heterocycles. The molecule has 0 spiro atoms. The van der Waals surface area contributed by atoms with Crippen LogP contribution in [-0.2, 0) is 17.0 Å². The number of rotatable bonds is 7. The lowest BCUT2D eigenvalue weighted by molar-refractivity contribution is 0.0722. The van der Waals surface area contributed by atoms with Gasteiger partial charge in [-0.15, -0.1) is 0 Å². The van der Waals surface area contributed by atoms with Crippen molar-refractivity contribution in [2.24, 2.45) is 0 Å². The highest BCUT2D eigenvalue weighted by Crippen LogP contribution is 2.28. The average Bonchev–Trinajstić information content (AvgIpc) is 3.10. The summed E-state index contributed by atoms with van der Waals surface area (Å²) in [6.45, 7) is -2.05. The molecule has 0 saturated heterocycles. The molecule has 150 valence electrons. The first-order valence-corrected chi connectivity index (χ1v) is 9.94. The molecule has 0 saturated carbocycles. The fourth-order valence-electron chi connectivity index (χ4n) is 3.18. The normalized spacial score (nSPS) is 11.7. The molecular formula is C20H18F2N4O2S. The SMILES string of the molecule is COCCn1c(SCc2nc3ccccc3n2C(F)F)nc2ccccc2c1=O. The summed E-state index contributed by atoms with van der Waals surface area (Å²) >= 11 is 1.21. The summed E-state index contributed by atoms with van der Waals surface area (Å²) < 4.78 is 34.9. The zero-order valence-electron chi connectivity index (χ0n) is 15.6. The third kappa shape index (κ3) is 3.75. The fourth-order valence-corrected chi connectivity index (χ4v) is 4.14. The maximum atomic E-state index is 13.7. The van der Waals surface area contributed by atoms with Crippen molar-refractivity contribution in [3.05, 3.63) is 64.7 Å². The molecule has 0 aliphatic heterocycles. The van der Waals surface area contributed by atoms with Gasteiger partial charge >= 0.3 is 6.55 Å². The number of alkyl halides is 2. The number of para-hydroxylation sites is 3. The van der Waals surface area contributed by atoms with Gasteiger partial charge in [-0.05, 0) is 24.3 Å². The minimum Gasteiger partial charge on any atom is -0.383 e. The van der Waals surface area contributed by atoms with Crippen LogP contribution >= 0.6 is 11.8 Å². The van der Waals surface area contributed by atoms with Crippen molar-refractivity contribution in [2.75, 3.05) is 13.7 Å². The Kier molecular flexibility index (Phi) is 5.59. The summed E-state index contributed by atoms with van der Waals surface area (Å²) in [6, 6.07) is 13.8. The average molecular weight is 416 g/mol. The van der Waals surface area contributed by atoms with E-state index in [1.807, 2.05) is 0 Å². The van der Waals surface area contributed by atoms with E-state index in [2.05, 4.69) is 9.97 Å². The molecule has 4 aromatic rings. The second-order valence-corrected chi connectivity index (χ2v) is 7.26. The van der Waals surface area contributed by atoms with Crippen molar-refractivity contribution in [3.8, 4) is 0 Å². The summed E-state index contributed by atoms with van der Waals surface area (Å²) in [7, 11) is 1.55. The van der Waals surface area contributed by atoms with Crippen LogP contribution in [0.1, 0.15) is 12.4 Å². The number of ether oxygens (including phenoxy) is 1. The van der Waals surface area contributed by atoms with Gasteiger partial charge < -0.3 is 4.74 Å². The number of imidazole rings is 1. The van der Waals surface area contributed by atoms with Gasteiger partial charge in [-0.25, -0.2) is 9.97 Å². The number of thioether (sulfide) groups is 1. The molecule has 0 fully saturated rings. The van der Waals surface area contributed by atoms with Gasteiger partial charge in [0.15, 0.2) is 5.16 Å². The predicted octanol–water partition coefficient (Wildman–Crippen LogP) is 4.08. The molecule has 2 aromatic carbocycles. The summed E-state index contributed by atoms with van der Waals surface area (Å²) in [4.78, 5) is 21.8. The lowest BCUT2D eigenvalue weighted by Crippen LogP contribution is -2.25. The third-order valence-electron chi connectivity index (χ3n) is 4.54. The molecule has 0 bridgehead atoms. The Morgan fingerprint density at radius 3 is 2.55 bits per heavy atom. The van der Waals surface area contributed by atoms with Gasteiger partial charge in [0, 0.05) is 7.11 Å². The predicted molar refractivity (Wildman–Crippen MR) is 108 cm³/mol. The summed E-state index contributed by atoms with van der Waals surface area (Å²) in [5.74, 6) is 0.378. The molecule has 6 nitrogen and oxygen atoms in total. The van der Waals surface area contributed by atoms with Gasteiger partial charge in [0.05, 0.1) is 40.8 Å². The molecule has 0 N–H and O–H groups in total. The molecule has 4 rings (SSSR count). The van der Waals surface area contributed by atoms with Crippen LogP contribution in [0.4, 0.5) is 8.78 Å². The molecule has 0 atom stereocenters. The molecular weight excluding hydrogens is 398 g/mol. The van der Waals surface area contributed by atoms with Crippen molar-refractivity contribution in [1.29, 1.82) is 0 Å². The summed E-state index contributed by atoms with van der Waals surface area (Å²) in [5, 5.41) is 0.950. The Labute approximate surface area is 169 Å². The van der Waals surface area contributed by atoms with Crippen LogP contribution in [0, 0.1) is 0 Å². The van der Waals surface area contributed by atoms with Gasteiger partial charge in [0.25, 0.3) is 5.56 Å². The standard InChI is InChI=1S/C20H18F2N4O2S/c1-28-11-10-25-18(27)13-6-2-3-7-14(13)24-20(25)29-12-17-23-15-8-4-5-9-16(15)26(17)19(21)22/h2-9,19H,10-12H2,1H3. The number of methoxy groups -OCH3 is 1. The van der Waals surface area contributed by atoms with Gasteiger partial charge in [-0.1, -0.05) is 36.0 Å². The van der Waals surface area contributed by atoms with Crippen molar-refractivity contribution in [1.82, 2.24) is 19.1 Å². The first kappa shape index (κ1) is 19.5. The minimum atomic E-state index is -2.71. The van der Waals surface area contributed by atoms with E-state index in [0.29, 0.717) is 40.2 Å². The maximum Gasteiger partial charge on any atom is 0.320 e. The second-order valence-electron chi connectivity index (χ2n) is 6.31. The molecule has 0 radical (unpaired) electrons. The minimum absolute atomic E-state index is 0.150. The highest BCUT2D eigenvalue weighted by Gasteiger charge is 2.19. The van der Waals surface area contributed by atoms with Crippen LogP contribution in [0.2, 0.25) is 0 Å². The Morgan fingerprint density at radius 2 is 1.79 bits per heavy atom. The molecule has 2 heterocycles. The molecule has 0 unspecified atom stereocenters.